The number of aliphatic hydroxyl groups excluding tert-OH is 1. The smallest absolute Gasteiger partial charge is 0.238 e. The van der Waals surface area contributed by atoms with E-state index < -0.39 is 12.1 Å². The molecular formula is C15H22N2O2S. The molecule has 5 heteroatoms. The molecule has 1 amide bonds. The SMILES string of the molecule is CSC(C)(C)[C@H](N)C(=O)N[C@@H]1c2ccccc2C[C@@H]1O. The lowest BCUT2D eigenvalue weighted by molar-refractivity contribution is -0.124. The van der Waals surface area contributed by atoms with Crippen LogP contribution < -0.4 is 11.1 Å². The molecule has 4 nitrogen and oxygen atoms in total. The van der Waals surface area contributed by atoms with E-state index in [1.54, 1.807) is 11.8 Å². The van der Waals surface area contributed by atoms with E-state index in [0.717, 1.165) is 11.1 Å². The summed E-state index contributed by atoms with van der Waals surface area (Å²) in [6, 6.07) is 6.82. The molecule has 2 rings (SSSR count). The number of carbonyl (C=O) groups excluding carboxylic acids is 1. The first kappa shape index (κ1) is 15.4. The Labute approximate surface area is 124 Å². The Kier molecular flexibility index (Phi) is 4.42. The third kappa shape index (κ3) is 2.85. The van der Waals surface area contributed by atoms with Crippen LogP contribution in [0.15, 0.2) is 24.3 Å². The normalized spacial score (nSPS) is 23.2. The summed E-state index contributed by atoms with van der Waals surface area (Å²) in [5, 5.41) is 13.0. The van der Waals surface area contributed by atoms with E-state index in [0.29, 0.717) is 6.42 Å². The fourth-order valence-corrected chi connectivity index (χ4v) is 2.79. The summed E-state index contributed by atoms with van der Waals surface area (Å²) in [4.78, 5) is 12.3. The van der Waals surface area contributed by atoms with Crippen molar-refractivity contribution < 1.29 is 9.90 Å². The van der Waals surface area contributed by atoms with E-state index >= 15 is 0 Å². The first-order valence-electron chi connectivity index (χ1n) is 6.74. The molecule has 20 heavy (non-hydrogen) atoms. The van der Waals surface area contributed by atoms with Crippen LogP contribution in [-0.4, -0.2) is 34.2 Å². The molecule has 0 unspecified atom stereocenters. The van der Waals surface area contributed by atoms with Gasteiger partial charge in [0.1, 0.15) is 0 Å². The predicted molar refractivity (Wildman–Crippen MR) is 82.6 cm³/mol. The molecule has 1 aromatic rings. The Morgan fingerprint density at radius 1 is 1.50 bits per heavy atom. The molecule has 110 valence electrons. The Bertz CT molecular complexity index is 504. The zero-order valence-corrected chi connectivity index (χ0v) is 12.9. The van der Waals surface area contributed by atoms with Gasteiger partial charge in [0.25, 0.3) is 0 Å². The van der Waals surface area contributed by atoms with Crippen molar-refractivity contribution in [2.24, 2.45) is 5.73 Å². The standard InChI is InChI=1S/C15H22N2O2S/c1-15(2,20-3)13(16)14(19)17-12-10-7-5-4-6-9(10)8-11(12)18/h4-7,11-13,18H,8,16H2,1-3H3,(H,17,19)/t11-,12+,13+/m0/s1. The summed E-state index contributed by atoms with van der Waals surface area (Å²) >= 11 is 1.56. The fraction of sp³-hybridized carbons (Fsp3) is 0.533. The molecule has 0 saturated carbocycles. The highest BCUT2D eigenvalue weighted by Crippen LogP contribution is 2.32. The zero-order chi connectivity index (χ0) is 14.9. The maximum Gasteiger partial charge on any atom is 0.238 e. The maximum absolute atomic E-state index is 12.3. The van der Waals surface area contributed by atoms with E-state index in [4.69, 9.17) is 5.73 Å². The number of nitrogens with two attached hydrogens (primary N) is 1. The van der Waals surface area contributed by atoms with Crippen LogP contribution >= 0.6 is 11.8 Å². The van der Waals surface area contributed by atoms with Crippen molar-refractivity contribution in [3.05, 3.63) is 35.4 Å². The van der Waals surface area contributed by atoms with Gasteiger partial charge in [0, 0.05) is 11.2 Å². The van der Waals surface area contributed by atoms with Crippen molar-refractivity contribution in [3.8, 4) is 0 Å². The number of benzene rings is 1. The van der Waals surface area contributed by atoms with Crippen LogP contribution in [0.5, 0.6) is 0 Å². The molecule has 3 atom stereocenters. The Morgan fingerprint density at radius 3 is 2.80 bits per heavy atom. The van der Waals surface area contributed by atoms with Crippen LogP contribution in [-0.2, 0) is 11.2 Å². The average Bonchev–Trinajstić information content (AvgIpc) is 2.74. The third-order valence-corrected chi connectivity index (χ3v) is 5.37. The van der Waals surface area contributed by atoms with E-state index in [1.807, 2.05) is 44.4 Å². The Morgan fingerprint density at radius 2 is 2.15 bits per heavy atom. The molecule has 0 fully saturated rings. The van der Waals surface area contributed by atoms with E-state index in [2.05, 4.69) is 5.32 Å². The number of rotatable bonds is 4. The molecule has 0 bridgehead atoms. The lowest BCUT2D eigenvalue weighted by atomic mass is 10.0. The summed E-state index contributed by atoms with van der Waals surface area (Å²) in [6.45, 7) is 3.89. The first-order valence-corrected chi connectivity index (χ1v) is 7.96. The second kappa shape index (κ2) is 5.76. The topological polar surface area (TPSA) is 75.4 Å². The molecular weight excluding hydrogens is 272 g/mol. The molecule has 0 heterocycles. The predicted octanol–water partition coefficient (Wildman–Crippen LogP) is 1.23. The van der Waals surface area contributed by atoms with Gasteiger partial charge in [-0.15, -0.1) is 0 Å². The van der Waals surface area contributed by atoms with Gasteiger partial charge in [-0.1, -0.05) is 24.3 Å². The number of fused-ring (bicyclic) bond motifs is 1. The molecule has 0 spiro atoms. The highest BCUT2D eigenvalue weighted by molar-refractivity contribution is 8.00. The highest BCUT2D eigenvalue weighted by atomic mass is 32.2. The Balaban J connectivity index is 2.13. The minimum absolute atomic E-state index is 0.217. The molecule has 1 aliphatic rings. The van der Waals surface area contributed by atoms with Gasteiger partial charge in [-0.05, 0) is 31.2 Å². The van der Waals surface area contributed by atoms with Crippen molar-refractivity contribution in [2.45, 2.75) is 43.2 Å². The molecule has 0 aromatic heterocycles. The number of hydrogen-bond donors (Lipinski definition) is 3. The highest BCUT2D eigenvalue weighted by Gasteiger charge is 2.36. The van der Waals surface area contributed by atoms with Gasteiger partial charge in [0.15, 0.2) is 0 Å². The number of aliphatic hydroxyl groups is 1. The molecule has 0 saturated heterocycles. The molecule has 0 radical (unpaired) electrons. The zero-order valence-electron chi connectivity index (χ0n) is 12.1. The molecule has 4 N–H and O–H groups in total. The molecule has 1 aliphatic carbocycles. The monoisotopic (exact) mass is 294 g/mol. The van der Waals surface area contributed by atoms with Crippen molar-refractivity contribution in [3.63, 3.8) is 0 Å². The van der Waals surface area contributed by atoms with Crippen molar-refractivity contribution >= 4 is 17.7 Å². The lowest BCUT2D eigenvalue weighted by Crippen LogP contribution is -2.53. The van der Waals surface area contributed by atoms with Gasteiger partial charge in [0.2, 0.25) is 5.91 Å². The number of carbonyl (C=O) groups is 1. The van der Waals surface area contributed by atoms with Gasteiger partial charge >= 0.3 is 0 Å². The molecule has 0 aliphatic heterocycles. The van der Waals surface area contributed by atoms with Gasteiger partial charge in [-0.25, -0.2) is 0 Å². The number of nitrogens with one attached hydrogen (secondary N) is 1. The average molecular weight is 294 g/mol. The van der Waals surface area contributed by atoms with Crippen molar-refractivity contribution in [1.82, 2.24) is 5.32 Å². The number of hydrogen-bond acceptors (Lipinski definition) is 4. The van der Waals surface area contributed by atoms with E-state index in [-0.39, 0.29) is 16.7 Å². The van der Waals surface area contributed by atoms with Gasteiger partial charge in [-0.2, -0.15) is 11.8 Å². The molecule has 1 aromatic carbocycles. The number of amides is 1. The summed E-state index contributed by atoms with van der Waals surface area (Å²) < 4.78 is -0.340. The Hall–Kier alpha value is -1.04. The third-order valence-electron chi connectivity index (χ3n) is 4.06. The van der Waals surface area contributed by atoms with Gasteiger partial charge < -0.3 is 16.2 Å². The van der Waals surface area contributed by atoms with Crippen LogP contribution in [0.4, 0.5) is 0 Å². The largest absolute Gasteiger partial charge is 0.390 e. The summed E-state index contributed by atoms with van der Waals surface area (Å²) in [5.41, 5.74) is 8.11. The van der Waals surface area contributed by atoms with E-state index in [1.165, 1.54) is 0 Å². The lowest BCUT2D eigenvalue weighted by Gasteiger charge is -2.30. The van der Waals surface area contributed by atoms with Crippen LogP contribution in [0, 0.1) is 0 Å². The van der Waals surface area contributed by atoms with Gasteiger partial charge in [-0.3, -0.25) is 4.79 Å². The van der Waals surface area contributed by atoms with E-state index in [9.17, 15) is 9.90 Å². The first-order chi connectivity index (χ1) is 9.36. The van der Waals surface area contributed by atoms with Gasteiger partial charge in [0.05, 0.1) is 18.2 Å². The maximum atomic E-state index is 12.3. The minimum atomic E-state index is -0.613. The summed E-state index contributed by atoms with van der Waals surface area (Å²) in [6.07, 6.45) is 1.93. The summed E-state index contributed by atoms with van der Waals surface area (Å²) in [5.74, 6) is -0.217. The van der Waals surface area contributed by atoms with Crippen LogP contribution in [0.1, 0.15) is 31.0 Å². The second-order valence-electron chi connectivity index (χ2n) is 5.74. The fourth-order valence-electron chi connectivity index (χ4n) is 2.43. The van der Waals surface area contributed by atoms with Crippen LogP contribution in [0.3, 0.4) is 0 Å². The quantitative estimate of drug-likeness (QED) is 0.781. The number of thioether (sulfide) groups is 1. The van der Waals surface area contributed by atoms with Crippen molar-refractivity contribution in [1.29, 1.82) is 0 Å². The van der Waals surface area contributed by atoms with Crippen LogP contribution in [0.25, 0.3) is 0 Å². The van der Waals surface area contributed by atoms with Crippen molar-refractivity contribution in [2.75, 3.05) is 6.26 Å². The summed E-state index contributed by atoms with van der Waals surface area (Å²) in [7, 11) is 0. The van der Waals surface area contributed by atoms with Crippen LogP contribution in [0.2, 0.25) is 0 Å². The minimum Gasteiger partial charge on any atom is -0.390 e. The second-order valence-corrected chi connectivity index (χ2v) is 7.20.